The number of imidazole rings is 1. The number of ether oxygens (including phenoxy) is 1. The van der Waals surface area contributed by atoms with Crippen LogP contribution in [0.2, 0.25) is 0 Å². The number of morpholine rings is 1. The number of fused-ring (bicyclic) bond motifs is 1. The van der Waals surface area contributed by atoms with Crippen LogP contribution in [0.4, 0.5) is 22.9 Å². The molecule has 0 bridgehead atoms. The van der Waals surface area contributed by atoms with E-state index in [0.29, 0.717) is 18.8 Å². The second-order valence-corrected chi connectivity index (χ2v) is 12.5. The molecular formula is C40H43N9O2. The van der Waals surface area contributed by atoms with Crippen molar-refractivity contribution in [1.29, 1.82) is 0 Å². The Morgan fingerprint density at radius 2 is 1.57 bits per heavy atom. The molecule has 2 aliphatic rings. The van der Waals surface area contributed by atoms with E-state index in [2.05, 4.69) is 110 Å². The quantitative estimate of drug-likeness (QED) is 0.112. The first kappa shape index (κ1) is 33.6. The van der Waals surface area contributed by atoms with Gasteiger partial charge in [-0.3, -0.25) is 14.3 Å². The molecule has 1 saturated heterocycles. The third kappa shape index (κ3) is 8.64. The van der Waals surface area contributed by atoms with Crippen molar-refractivity contribution < 1.29 is 9.53 Å². The molecule has 1 aromatic heterocycles. The molecule has 1 atom stereocenters. The molecule has 0 saturated carbocycles. The lowest BCUT2D eigenvalue weighted by atomic mass is 10.1. The summed E-state index contributed by atoms with van der Waals surface area (Å²) in [5.41, 5.74) is 6.56. The number of benzene rings is 4. The first-order valence-electron chi connectivity index (χ1n) is 17.3. The minimum atomic E-state index is -0.499. The number of hydrogen-bond acceptors (Lipinski definition) is 9. The molecule has 3 heterocycles. The summed E-state index contributed by atoms with van der Waals surface area (Å²) in [6, 6.07) is 36.8. The molecule has 4 aromatic carbocycles. The summed E-state index contributed by atoms with van der Waals surface area (Å²) in [6.07, 6.45) is 2.56. The molecule has 1 fully saturated rings. The Hall–Kier alpha value is -5.91. The molecule has 0 radical (unpaired) electrons. The molecule has 11 heteroatoms. The maximum Gasteiger partial charge on any atom is 0.247 e. The van der Waals surface area contributed by atoms with Crippen LogP contribution in [0.3, 0.4) is 0 Å². The minimum absolute atomic E-state index is 0.271. The summed E-state index contributed by atoms with van der Waals surface area (Å²) >= 11 is 0. The van der Waals surface area contributed by atoms with Gasteiger partial charge in [0, 0.05) is 56.3 Å². The van der Waals surface area contributed by atoms with Gasteiger partial charge in [-0.15, -0.1) is 0 Å². The first-order chi connectivity index (χ1) is 25.1. The lowest BCUT2D eigenvalue weighted by molar-refractivity contribution is -0.111. The highest BCUT2D eigenvalue weighted by Gasteiger charge is 2.30. The molecule has 260 valence electrons. The summed E-state index contributed by atoms with van der Waals surface area (Å²) in [5, 5.41) is 13.6. The number of aromatic nitrogens is 2. The van der Waals surface area contributed by atoms with E-state index in [1.54, 1.807) is 6.33 Å². The SMILES string of the molecule is C=CC(=O)Nc1cccc(-n2cnc3c2NC(Nc2ccc(NCCN4CCOCC4)cc2)N=C3N(Cc2ccccc2)Cc2ccccc2)c1. The number of carbonyl (C=O) groups excluding carboxylic acids is 1. The molecule has 1 amide bonds. The van der Waals surface area contributed by atoms with Crippen LogP contribution in [0, 0.1) is 0 Å². The van der Waals surface area contributed by atoms with Gasteiger partial charge < -0.3 is 30.9 Å². The van der Waals surface area contributed by atoms with Gasteiger partial charge in [-0.2, -0.15) is 0 Å². The Bertz CT molecular complexity index is 1900. The average Bonchev–Trinajstić information content (AvgIpc) is 3.60. The lowest BCUT2D eigenvalue weighted by Gasteiger charge is -2.32. The zero-order valence-corrected chi connectivity index (χ0v) is 28.5. The van der Waals surface area contributed by atoms with Gasteiger partial charge in [0.25, 0.3) is 0 Å². The maximum atomic E-state index is 12.1. The predicted octanol–water partition coefficient (Wildman–Crippen LogP) is 6.01. The van der Waals surface area contributed by atoms with Gasteiger partial charge in [0.05, 0.1) is 18.9 Å². The van der Waals surface area contributed by atoms with Gasteiger partial charge in [0.2, 0.25) is 5.91 Å². The second kappa shape index (κ2) is 16.2. The zero-order chi connectivity index (χ0) is 34.8. The minimum Gasteiger partial charge on any atom is -0.384 e. The molecule has 2 aliphatic heterocycles. The van der Waals surface area contributed by atoms with Crippen molar-refractivity contribution in [2.45, 2.75) is 19.4 Å². The molecule has 11 nitrogen and oxygen atoms in total. The van der Waals surface area contributed by atoms with Crippen molar-refractivity contribution in [2.75, 3.05) is 60.7 Å². The van der Waals surface area contributed by atoms with Crippen LogP contribution in [0.1, 0.15) is 16.8 Å². The Balaban J connectivity index is 1.18. The van der Waals surface area contributed by atoms with E-state index >= 15 is 0 Å². The van der Waals surface area contributed by atoms with E-state index in [1.807, 2.05) is 41.0 Å². The number of carbonyl (C=O) groups is 1. The summed E-state index contributed by atoms with van der Waals surface area (Å²) < 4.78 is 7.46. The van der Waals surface area contributed by atoms with Crippen LogP contribution in [-0.2, 0) is 22.6 Å². The first-order valence-corrected chi connectivity index (χ1v) is 17.3. The molecular weight excluding hydrogens is 639 g/mol. The smallest absolute Gasteiger partial charge is 0.247 e. The lowest BCUT2D eigenvalue weighted by Crippen LogP contribution is -2.40. The van der Waals surface area contributed by atoms with Gasteiger partial charge in [-0.05, 0) is 59.7 Å². The van der Waals surface area contributed by atoms with E-state index in [0.717, 1.165) is 73.8 Å². The highest BCUT2D eigenvalue weighted by Crippen LogP contribution is 2.30. The molecule has 1 unspecified atom stereocenters. The van der Waals surface area contributed by atoms with Gasteiger partial charge in [0.1, 0.15) is 17.8 Å². The van der Waals surface area contributed by atoms with Crippen molar-refractivity contribution in [2.24, 2.45) is 4.99 Å². The fourth-order valence-electron chi connectivity index (χ4n) is 6.26. The second-order valence-electron chi connectivity index (χ2n) is 12.5. The third-order valence-corrected chi connectivity index (χ3v) is 8.86. The number of anilines is 4. The van der Waals surface area contributed by atoms with E-state index in [-0.39, 0.29) is 5.91 Å². The highest BCUT2D eigenvalue weighted by atomic mass is 16.5. The fourth-order valence-corrected chi connectivity index (χ4v) is 6.26. The normalized spacial score (nSPS) is 15.5. The zero-order valence-electron chi connectivity index (χ0n) is 28.5. The van der Waals surface area contributed by atoms with Crippen molar-refractivity contribution >= 4 is 34.6 Å². The van der Waals surface area contributed by atoms with E-state index in [1.165, 1.54) is 17.2 Å². The van der Waals surface area contributed by atoms with E-state index in [4.69, 9.17) is 14.7 Å². The Labute approximate surface area is 298 Å². The van der Waals surface area contributed by atoms with Crippen LogP contribution < -0.4 is 21.3 Å². The standard InChI is InChI=1S/C40H43N9O2/c1-2-36(50)43-34-14-9-15-35(26-34)49-29-42-37-38(48(27-30-10-5-3-6-11-30)28-31-12-7-4-8-13-31)45-40(46-39(37)49)44-33-18-16-32(17-19-33)41-20-21-47-22-24-51-25-23-47/h2-19,26,29,40-41,44,46H,1,20-25,27-28H2,(H,43,50). The van der Waals surface area contributed by atoms with Crippen LogP contribution in [0.15, 0.2) is 133 Å². The van der Waals surface area contributed by atoms with Gasteiger partial charge >= 0.3 is 0 Å². The molecule has 5 aromatic rings. The van der Waals surface area contributed by atoms with Crippen molar-refractivity contribution in [3.05, 3.63) is 145 Å². The highest BCUT2D eigenvalue weighted by molar-refractivity contribution is 6.03. The van der Waals surface area contributed by atoms with Crippen molar-refractivity contribution in [1.82, 2.24) is 19.4 Å². The van der Waals surface area contributed by atoms with Crippen molar-refractivity contribution in [3.8, 4) is 5.69 Å². The molecule has 51 heavy (non-hydrogen) atoms. The average molecular weight is 682 g/mol. The number of nitrogens with one attached hydrogen (secondary N) is 4. The van der Waals surface area contributed by atoms with Gasteiger partial charge in [-0.25, -0.2) is 9.98 Å². The fraction of sp³-hybridized carbons (Fsp3) is 0.225. The summed E-state index contributed by atoms with van der Waals surface area (Å²) in [4.78, 5) is 27.0. The molecule has 0 spiro atoms. The molecule has 0 aliphatic carbocycles. The number of hydrogen-bond donors (Lipinski definition) is 4. The molecule has 4 N–H and O–H groups in total. The third-order valence-electron chi connectivity index (χ3n) is 8.86. The van der Waals surface area contributed by atoms with E-state index in [9.17, 15) is 4.79 Å². The Kier molecular flexibility index (Phi) is 10.7. The number of amides is 1. The molecule has 7 rings (SSSR count). The van der Waals surface area contributed by atoms with Gasteiger partial charge in [-0.1, -0.05) is 73.3 Å². The number of rotatable bonds is 13. The van der Waals surface area contributed by atoms with Crippen LogP contribution >= 0.6 is 0 Å². The number of nitrogens with zero attached hydrogens (tertiary/aromatic N) is 5. The maximum absolute atomic E-state index is 12.1. The van der Waals surface area contributed by atoms with Crippen LogP contribution in [-0.4, -0.2) is 76.8 Å². The summed E-state index contributed by atoms with van der Waals surface area (Å²) in [7, 11) is 0. The van der Waals surface area contributed by atoms with Gasteiger partial charge in [0.15, 0.2) is 12.1 Å². The summed E-state index contributed by atoms with van der Waals surface area (Å²) in [6.45, 7) is 10.3. The predicted molar refractivity (Wildman–Crippen MR) is 204 cm³/mol. The number of aliphatic imine (C=N–C) groups is 1. The van der Waals surface area contributed by atoms with E-state index < -0.39 is 6.29 Å². The Morgan fingerprint density at radius 1 is 0.882 bits per heavy atom. The van der Waals surface area contributed by atoms with Crippen molar-refractivity contribution in [3.63, 3.8) is 0 Å². The number of amidine groups is 1. The van der Waals surface area contributed by atoms with Crippen LogP contribution in [0.5, 0.6) is 0 Å². The topological polar surface area (TPSA) is 111 Å². The summed E-state index contributed by atoms with van der Waals surface area (Å²) in [5.74, 6) is 1.29. The Morgan fingerprint density at radius 3 is 2.25 bits per heavy atom. The monoisotopic (exact) mass is 681 g/mol. The van der Waals surface area contributed by atoms with Crippen LogP contribution in [0.25, 0.3) is 5.69 Å². The largest absolute Gasteiger partial charge is 0.384 e.